The molecule has 0 radical (unpaired) electrons. The maximum atomic E-state index is 12.2. The summed E-state index contributed by atoms with van der Waals surface area (Å²) in [5.41, 5.74) is 1.94. The molecule has 0 aliphatic carbocycles. The summed E-state index contributed by atoms with van der Waals surface area (Å²) in [6, 6.07) is 9.39. The van der Waals surface area contributed by atoms with E-state index >= 15 is 0 Å². The minimum atomic E-state index is 0.0280. The van der Waals surface area contributed by atoms with E-state index in [0.717, 1.165) is 11.1 Å². The topological polar surface area (TPSA) is 59.2 Å². The van der Waals surface area contributed by atoms with Crippen molar-refractivity contribution in [1.29, 1.82) is 0 Å². The molecule has 0 N–H and O–H groups in total. The standard InChI is InChI=1S/C17H16ClN3O2S/c1-21(10-12-2-4-14(18)5-3-12)16(22)7-6-15-19-20-17(23-15)13-8-9-24-11-13/h2-5,8-9,11H,6-7,10H2,1H3. The summed E-state index contributed by atoms with van der Waals surface area (Å²) in [5, 5.41) is 12.6. The second kappa shape index (κ2) is 7.59. The van der Waals surface area contributed by atoms with E-state index in [1.54, 1.807) is 23.3 Å². The van der Waals surface area contributed by atoms with Gasteiger partial charge in [0.1, 0.15) is 0 Å². The summed E-state index contributed by atoms with van der Waals surface area (Å²) in [5.74, 6) is 0.998. The van der Waals surface area contributed by atoms with E-state index in [9.17, 15) is 4.79 Å². The van der Waals surface area contributed by atoms with Crippen LogP contribution in [-0.4, -0.2) is 28.1 Å². The number of hydrogen-bond acceptors (Lipinski definition) is 5. The molecule has 1 aromatic carbocycles. The van der Waals surface area contributed by atoms with Crippen molar-refractivity contribution in [2.45, 2.75) is 19.4 Å². The van der Waals surface area contributed by atoms with Crippen LogP contribution in [0.4, 0.5) is 0 Å². The van der Waals surface area contributed by atoms with Gasteiger partial charge in [-0.05, 0) is 29.1 Å². The Morgan fingerprint density at radius 1 is 1.25 bits per heavy atom. The molecule has 0 spiro atoms. The van der Waals surface area contributed by atoms with Crippen LogP contribution in [0.1, 0.15) is 17.9 Å². The van der Waals surface area contributed by atoms with Gasteiger partial charge in [-0.15, -0.1) is 10.2 Å². The molecule has 24 heavy (non-hydrogen) atoms. The summed E-state index contributed by atoms with van der Waals surface area (Å²) in [4.78, 5) is 13.9. The lowest BCUT2D eigenvalue weighted by atomic mass is 10.2. The first-order valence-corrected chi connectivity index (χ1v) is 8.77. The van der Waals surface area contributed by atoms with Gasteiger partial charge in [0.25, 0.3) is 0 Å². The lowest BCUT2D eigenvalue weighted by molar-refractivity contribution is -0.130. The number of thiophene rings is 1. The quantitative estimate of drug-likeness (QED) is 0.664. The number of rotatable bonds is 6. The van der Waals surface area contributed by atoms with Gasteiger partial charge in [-0.3, -0.25) is 4.79 Å². The molecule has 3 aromatic rings. The van der Waals surface area contributed by atoms with Crippen LogP contribution in [0.15, 0.2) is 45.5 Å². The summed E-state index contributed by atoms with van der Waals surface area (Å²) in [6.07, 6.45) is 0.760. The molecule has 2 heterocycles. The van der Waals surface area contributed by atoms with E-state index in [0.29, 0.717) is 36.2 Å². The SMILES string of the molecule is CN(Cc1ccc(Cl)cc1)C(=O)CCc1nnc(-c2ccsc2)o1. The molecular weight excluding hydrogens is 346 g/mol. The van der Waals surface area contributed by atoms with Crippen LogP contribution in [0.5, 0.6) is 0 Å². The van der Waals surface area contributed by atoms with Crippen LogP contribution < -0.4 is 0 Å². The van der Waals surface area contributed by atoms with E-state index in [1.807, 2.05) is 41.1 Å². The van der Waals surface area contributed by atoms with Crippen molar-refractivity contribution in [3.05, 3.63) is 57.6 Å². The molecule has 0 aliphatic heterocycles. The van der Waals surface area contributed by atoms with Crippen LogP contribution in [0.25, 0.3) is 11.5 Å². The fourth-order valence-corrected chi connectivity index (χ4v) is 2.97. The minimum absolute atomic E-state index is 0.0280. The molecule has 0 bridgehead atoms. The third-order valence-electron chi connectivity index (χ3n) is 3.55. The summed E-state index contributed by atoms with van der Waals surface area (Å²) in [6.45, 7) is 0.542. The molecule has 0 aliphatic rings. The van der Waals surface area contributed by atoms with E-state index in [1.165, 1.54) is 0 Å². The highest BCUT2D eigenvalue weighted by Gasteiger charge is 2.13. The van der Waals surface area contributed by atoms with Crippen molar-refractivity contribution in [2.24, 2.45) is 0 Å². The highest BCUT2D eigenvalue weighted by atomic mass is 35.5. The van der Waals surface area contributed by atoms with Crippen LogP contribution in [-0.2, 0) is 17.8 Å². The first kappa shape index (κ1) is 16.7. The van der Waals surface area contributed by atoms with Gasteiger partial charge in [0.15, 0.2) is 0 Å². The van der Waals surface area contributed by atoms with Gasteiger partial charge in [-0.1, -0.05) is 23.7 Å². The molecule has 5 nitrogen and oxygen atoms in total. The normalized spacial score (nSPS) is 10.8. The zero-order chi connectivity index (χ0) is 16.9. The molecule has 1 amide bonds. The molecular formula is C17H16ClN3O2S. The molecule has 7 heteroatoms. The smallest absolute Gasteiger partial charge is 0.248 e. The molecule has 2 aromatic heterocycles. The monoisotopic (exact) mass is 361 g/mol. The third-order valence-corrected chi connectivity index (χ3v) is 4.48. The Hall–Kier alpha value is -2.18. The second-order valence-electron chi connectivity index (χ2n) is 5.39. The fourth-order valence-electron chi connectivity index (χ4n) is 2.21. The average Bonchev–Trinajstić information content (AvgIpc) is 3.25. The largest absolute Gasteiger partial charge is 0.421 e. The van der Waals surface area contributed by atoms with Crippen molar-refractivity contribution >= 4 is 28.8 Å². The predicted molar refractivity (Wildman–Crippen MR) is 93.9 cm³/mol. The van der Waals surface area contributed by atoms with Crippen molar-refractivity contribution in [3.8, 4) is 11.5 Å². The van der Waals surface area contributed by atoms with Crippen LogP contribution in [0.2, 0.25) is 5.02 Å². The Kier molecular flexibility index (Phi) is 5.27. The van der Waals surface area contributed by atoms with Crippen molar-refractivity contribution < 1.29 is 9.21 Å². The van der Waals surface area contributed by atoms with Crippen LogP contribution in [0.3, 0.4) is 0 Å². The Labute approximate surface area is 148 Å². The van der Waals surface area contributed by atoms with Gasteiger partial charge in [-0.2, -0.15) is 11.3 Å². The van der Waals surface area contributed by atoms with E-state index in [-0.39, 0.29) is 5.91 Å². The fraction of sp³-hybridized carbons (Fsp3) is 0.235. The Morgan fingerprint density at radius 2 is 2.04 bits per heavy atom. The number of benzene rings is 1. The Morgan fingerprint density at radius 3 is 2.75 bits per heavy atom. The summed E-state index contributed by atoms with van der Waals surface area (Å²) < 4.78 is 5.59. The molecule has 0 unspecified atom stereocenters. The van der Waals surface area contributed by atoms with Crippen LogP contribution >= 0.6 is 22.9 Å². The highest BCUT2D eigenvalue weighted by molar-refractivity contribution is 7.08. The van der Waals surface area contributed by atoms with Gasteiger partial charge in [0.2, 0.25) is 17.7 Å². The number of aromatic nitrogens is 2. The maximum absolute atomic E-state index is 12.2. The van der Waals surface area contributed by atoms with Crippen molar-refractivity contribution in [3.63, 3.8) is 0 Å². The molecule has 0 saturated heterocycles. The van der Waals surface area contributed by atoms with E-state index in [4.69, 9.17) is 16.0 Å². The number of nitrogens with zero attached hydrogens (tertiary/aromatic N) is 3. The number of halogens is 1. The zero-order valence-electron chi connectivity index (χ0n) is 13.1. The Balaban J connectivity index is 1.52. The minimum Gasteiger partial charge on any atom is -0.421 e. The second-order valence-corrected chi connectivity index (χ2v) is 6.61. The first-order chi connectivity index (χ1) is 11.6. The van der Waals surface area contributed by atoms with Crippen molar-refractivity contribution in [2.75, 3.05) is 7.05 Å². The average molecular weight is 362 g/mol. The number of hydrogen-bond donors (Lipinski definition) is 0. The highest BCUT2D eigenvalue weighted by Crippen LogP contribution is 2.21. The van der Waals surface area contributed by atoms with Gasteiger partial charge >= 0.3 is 0 Å². The third kappa shape index (κ3) is 4.21. The van der Waals surface area contributed by atoms with Gasteiger partial charge in [0, 0.05) is 42.4 Å². The van der Waals surface area contributed by atoms with Gasteiger partial charge in [0.05, 0.1) is 0 Å². The lowest BCUT2D eigenvalue weighted by Gasteiger charge is -2.16. The predicted octanol–water partition coefficient (Wildman–Crippen LogP) is 4.04. The maximum Gasteiger partial charge on any atom is 0.248 e. The molecule has 0 atom stereocenters. The van der Waals surface area contributed by atoms with Crippen molar-refractivity contribution in [1.82, 2.24) is 15.1 Å². The summed E-state index contributed by atoms with van der Waals surface area (Å²) in [7, 11) is 1.78. The van der Waals surface area contributed by atoms with E-state index in [2.05, 4.69) is 10.2 Å². The first-order valence-electron chi connectivity index (χ1n) is 7.45. The summed E-state index contributed by atoms with van der Waals surface area (Å²) >= 11 is 7.43. The number of aryl methyl sites for hydroxylation is 1. The number of carbonyl (C=O) groups is 1. The molecule has 0 fully saturated rings. The number of carbonyl (C=O) groups excluding carboxylic acids is 1. The zero-order valence-corrected chi connectivity index (χ0v) is 14.7. The van der Waals surface area contributed by atoms with Crippen LogP contribution in [0, 0.1) is 0 Å². The van der Waals surface area contributed by atoms with Gasteiger partial charge in [-0.25, -0.2) is 0 Å². The number of amides is 1. The molecule has 0 saturated carbocycles. The molecule has 3 rings (SSSR count). The van der Waals surface area contributed by atoms with Gasteiger partial charge < -0.3 is 9.32 Å². The Bertz CT molecular complexity index is 800. The molecule has 124 valence electrons. The lowest BCUT2D eigenvalue weighted by Crippen LogP contribution is -2.26. The van der Waals surface area contributed by atoms with E-state index < -0.39 is 0 Å².